The van der Waals surface area contributed by atoms with Gasteiger partial charge in [-0.05, 0) is 18.1 Å². The topological polar surface area (TPSA) is 78.9 Å². The van der Waals surface area contributed by atoms with Crippen molar-refractivity contribution < 1.29 is 19.4 Å². The molecule has 0 aromatic heterocycles. The van der Waals surface area contributed by atoms with Gasteiger partial charge in [0.2, 0.25) is 5.91 Å². The molecule has 0 fully saturated rings. The molecule has 0 aliphatic carbocycles. The number of hydrogen-bond donors (Lipinski definition) is 2. The third-order valence-electron chi connectivity index (χ3n) is 3.60. The fourth-order valence-electron chi connectivity index (χ4n) is 2.54. The molecule has 21 heavy (non-hydrogen) atoms. The smallest absolute Gasteiger partial charge is 0.311 e. The highest BCUT2D eigenvalue weighted by atomic mass is 16.5. The summed E-state index contributed by atoms with van der Waals surface area (Å²) in [5.74, 6) is -1.43. The number of carboxylic acid groups (broad SMARTS) is 1. The number of carbonyl (C=O) groups is 2. The van der Waals surface area contributed by atoms with Crippen molar-refractivity contribution in [1.82, 2.24) is 5.32 Å². The number of amides is 1. The maximum Gasteiger partial charge on any atom is 0.311 e. The Morgan fingerprint density at radius 2 is 2.19 bits per heavy atom. The molecule has 0 spiro atoms. The molecular weight excluding hydrogens is 272 g/mol. The Hall–Kier alpha value is -1.92. The summed E-state index contributed by atoms with van der Waals surface area (Å²) in [4.78, 5) is 25.2. The predicted molar refractivity (Wildman–Crippen MR) is 78.5 cm³/mol. The highest BCUT2D eigenvalue weighted by Gasteiger charge is 2.31. The van der Waals surface area contributed by atoms with Crippen LogP contribution in [0.4, 0.5) is 5.69 Å². The number of benzene rings is 1. The van der Waals surface area contributed by atoms with Gasteiger partial charge in [0, 0.05) is 25.9 Å². The molecule has 1 amide bonds. The van der Waals surface area contributed by atoms with Crippen LogP contribution in [-0.2, 0) is 14.3 Å². The second-order valence-electron chi connectivity index (χ2n) is 4.95. The molecule has 1 unspecified atom stereocenters. The van der Waals surface area contributed by atoms with E-state index in [9.17, 15) is 14.7 Å². The van der Waals surface area contributed by atoms with E-state index in [0.29, 0.717) is 37.4 Å². The second kappa shape index (κ2) is 7.19. The summed E-state index contributed by atoms with van der Waals surface area (Å²) in [6.07, 6.45) is 0.441. The Morgan fingerprint density at radius 3 is 2.90 bits per heavy atom. The van der Waals surface area contributed by atoms with Crippen LogP contribution >= 0.6 is 0 Å². The Balaban J connectivity index is 2.10. The molecule has 0 bridgehead atoms. The monoisotopic (exact) mass is 292 g/mol. The molecule has 1 aromatic carbocycles. The fraction of sp³-hybridized carbons (Fsp3) is 0.467. The molecule has 2 N–H and O–H groups in total. The van der Waals surface area contributed by atoms with E-state index in [4.69, 9.17) is 4.74 Å². The zero-order valence-corrected chi connectivity index (χ0v) is 12.0. The summed E-state index contributed by atoms with van der Waals surface area (Å²) in [6, 6.07) is 7.21. The van der Waals surface area contributed by atoms with Gasteiger partial charge in [-0.1, -0.05) is 18.2 Å². The van der Waals surface area contributed by atoms with E-state index >= 15 is 0 Å². The van der Waals surface area contributed by atoms with Crippen LogP contribution in [0.5, 0.6) is 0 Å². The van der Waals surface area contributed by atoms with E-state index in [1.807, 2.05) is 6.07 Å². The summed E-state index contributed by atoms with van der Waals surface area (Å²) in [7, 11) is 1.61. The summed E-state index contributed by atoms with van der Waals surface area (Å²) in [6.45, 7) is 1.80. The number of rotatable bonds is 6. The number of nitrogens with one attached hydrogen (secondary N) is 1. The predicted octanol–water partition coefficient (Wildman–Crippen LogP) is 0.828. The molecule has 0 saturated carbocycles. The molecule has 6 heteroatoms. The maximum atomic E-state index is 12.3. The van der Waals surface area contributed by atoms with Crippen molar-refractivity contribution in [1.29, 1.82) is 0 Å². The van der Waals surface area contributed by atoms with Gasteiger partial charge in [-0.2, -0.15) is 0 Å². The normalized spacial score (nSPS) is 17.4. The molecule has 1 atom stereocenters. The van der Waals surface area contributed by atoms with Crippen LogP contribution in [0.25, 0.3) is 0 Å². The lowest BCUT2D eigenvalue weighted by atomic mass is 9.90. The second-order valence-corrected chi connectivity index (χ2v) is 4.95. The Kier molecular flexibility index (Phi) is 5.30. The van der Waals surface area contributed by atoms with Crippen molar-refractivity contribution in [2.24, 2.45) is 0 Å². The fourth-order valence-corrected chi connectivity index (χ4v) is 2.54. The minimum Gasteiger partial charge on any atom is -0.481 e. The van der Waals surface area contributed by atoms with Crippen molar-refractivity contribution in [3.63, 3.8) is 0 Å². The third-order valence-corrected chi connectivity index (χ3v) is 3.60. The minimum absolute atomic E-state index is 0.0533. The summed E-state index contributed by atoms with van der Waals surface area (Å²) in [5, 5.41) is 12.3. The molecule has 114 valence electrons. The Bertz CT molecular complexity index is 518. The maximum absolute atomic E-state index is 12.3. The van der Waals surface area contributed by atoms with Crippen LogP contribution in [0, 0.1) is 0 Å². The Labute approximate surface area is 123 Å². The first kappa shape index (κ1) is 15.5. The highest BCUT2D eigenvalue weighted by Crippen LogP contribution is 2.35. The summed E-state index contributed by atoms with van der Waals surface area (Å²) in [5.41, 5.74) is 1.41. The van der Waals surface area contributed by atoms with Crippen LogP contribution in [0.1, 0.15) is 17.9 Å². The van der Waals surface area contributed by atoms with E-state index in [0.717, 1.165) is 0 Å². The van der Waals surface area contributed by atoms with E-state index in [1.54, 1.807) is 30.2 Å². The molecule has 1 heterocycles. The van der Waals surface area contributed by atoms with Gasteiger partial charge in [-0.25, -0.2) is 0 Å². The number of nitrogens with zero attached hydrogens (tertiary/aromatic N) is 1. The number of fused-ring (bicyclic) bond motifs is 1. The largest absolute Gasteiger partial charge is 0.481 e. The van der Waals surface area contributed by atoms with Gasteiger partial charge in [-0.15, -0.1) is 0 Å². The van der Waals surface area contributed by atoms with E-state index in [2.05, 4.69) is 5.32 Å². The SMILES string of the molecule is COCCNCC(=O)N1CCC(C(=O)O)c2ccccc21. The number of hydrogen-bond acceptors (Lipinski definition) is 4. The third kappa shape index (κ3) is 3.59. The quantitative estimate of drug-likeness (QED) is 0.759. The molecule has 1 aromatic rings. The van der Waals surface area contributed by atoms with Crippen LogP contribution in [-0.4, -0.2) is 50.3 Å². The zero-order valence-electron chi connectivity index (χ0n) is 12.0. The van der Waals surface area contributed by atoms with Crippen LogP contribution in [0.15, 0.2) is 24.3 Å². The molecule has 0 saturated heterocycles. The average Bonchev–Trinajstić information content (AvgIpc) is 2.50. The lowest BCUT2D eigenvalue weighted by molar-refractivity contribution is -0.139. The number of anilines is 1. The van der Waals surface area contributed by atoms with E-state index in [1.165, 1.54) is 0 Å². The first-order valence-electron chi connectivity index (χ1n) is 6.97. The van der Waals surface area contributed by atoms with E-state index < -0.39 is 11.9 Å². The highest BCUT2D eigenvalue weighted by molar-refractivity contribution is 5.97. The first-order valence-corrected chi connectivity index (χ1v) is 6.97. The Morgan fingerprint density at radius 1 is 1.43 bits per heavy atom. The lowest BCUT2D eigenvalue weighted by Gasteiger charge is -2.32. The molecular formula is C15H20N2O4. The molecule has 1 aliphatic rings. The van der Waals surface area contributed by atoms with Crippen molar-refractivity contribution >= 4 is 17.6 Å². The molecule has 0 radical (unpaired) electrons. The molecule has 1 aliphatic heterocycles. The van der Waals surface area contributed by atoms with E-state index in [-0.39, 0.29) is 12.5 Å². The van der Waals surface area contributed by atoms with Crippen LogP contribution in [0.3, 0.4) is 0 Å². The number of carboxylic acids is 1. The number of carbonyl (C=O) groups excluding carboxylic acids is 1. The lowest BCUT2D eigenvalue weighted by Crippen LogP contribution is -2.43. The standard InChI is InChI=1S/C15H20N2O4/c1-21-9-7-16-10-14(18)17-8-6-12(15(19)20)11-4-2-3-5-13(11)17/h2-5,12,16H,6-10H2,1H3,(H,19,20). The average molecular weight is 292 g/mol. The number of ether oxygens (including phenoxy) is 1. The van der Waals surface area contributed by atoms with Gasteiger partial charge >= 0.3 is 5.97 Å². The van der Waals surface area contributed by atoms with Crippen LogP contribution in [0.2, 0.25) is 0 Å². The van der Waals surface area contributed by atoms with Crippen molar-refractivity contribution in [2.45, 2.75) is 12.3 Å². The summed E-state index contributed by atoms with van der Waals surface area (Å²) >= 11 is 0. The number of methoxy groups -OCH3 is 1. The number of aliphatic carboxylic acids is 1. The minimum atomic E-state index is -0.840. The van der Waals surface area contributed by atoms with Gasteiger partial charge < -0.3 is 20.1 Å². The number of para-hydroxylation sites is 1. The molecule has 2 rings (SSSR count). The van der Waals surface area contributed by atoms with Gasteiger partial charge in [0.05, 0.1) is 19.1 Å². The first-order chi connectivity index (χ1) is 10.1. The van der Waals surface area contributed by atoms with Gasteiger partial charge in [0.1, 0.15) is 0 Å². The molecule has 6 nitrogen and oxygen atoms in total. The van der Waals surface area contributed by atoms with Gasteiger partial charge in [0.25, 0.3) is 0 Å². The van der Waals surface area contributed by atoms with Crippen LogP contribution < -0.4 is 10.2 Å². The van der Waals surface area contributed by atoms with Crippen molar-refractivity contribution in [2.75, 3.05) is 38.3 Å². The zero-order chi connectivity index (χ0) is 15.2. The van der Waals surface area contributed by atoms with Crippen molar-refractivity contribution in [3.05, 3.63) is 29.8 Å². The van der Waals surface area contributed by atoms with Gasteiger partial charge in [-0.3, -0.25) is 9.59 Å². The van der Waals surface area contributed by atoms with Gasteiger partial charge in [0.15, 0.2) is 0 Å². The van der Waals surface area contributed by atoms with Crippen molar-refractivity contribution in [3.8, 4) is 0 Å². The summed E-state index contributed by atoms with van der Waals surface area (Å²) < 4.78 is 4.91.